The van der Waals surface area contributed by atoms with E-state index in [0.717, 1.165) is 24.0 Å². The average Bonchev–Trinajstić information content (AvgIpc) is 2.63. The zero-order chi connectivity index (χ0) is 8.39. The summed E-state index contributed by atoms with van der Waals surface area (Å²) in [6.07, 6.45) is 0.583. The van der Waals surface area contributed by atoms with Crippen LogP contribution in [0.5, 0.6) is 0 Å². The van der Waals surface area contributed by atoms with Crippen molar-refractivity contribution in [2.75, 3.05) is 18.8 Å². The van der Waals surface area contributed by atoms with Gasteiger partial charge in [0.2, 0.25) is 5.91 Å². The Kier molecular flexibility index (Phi) is 2.21. The van der Waals surface area contributed by atoms with Crippen LogP contribution in [0.4, 0.5) is 0 Å². The molecule has 0 bridgehead atoms. The summed E-state index contributed by atoms with van der Waals surface area (Å²) >= 11 is 1.73. The maximum Gasteiger partial charge on any atom is 0.222 e. The molecule has 1 unspecified atom stereocenters. The van der Waals surface area contributed by atoms with Crippen LogP contribution in [-0.2, 0) is 4.79 Å². The van der Waals surface area contributed by atoms with E-state index < -0.39 is 0 Å². The molecule has 12 heavy (non-hydrogen) atoms. The number of thioether (sulfide) groups is 1. The quantitative estimate of drug-likeness (QED) is 0.582. The normalized spacial score (nSPS) is 28.5. The lowest BCUT2D eigenvalue weighted by atomic mass is 10.3. The molecule has 4 nitrogen and oxygen atoms in total. The molecule has 1 saturated heterocycles. The van der Waals surface area contributed by atoms with Crippen LogP contribution in [0.25, 0.3) is 0 Å². The highest BCUT2D eigenvalue weighted by atomic mass is 32.2. The number of hydrogen-bond acceptors (Lipinski definition) is 4. The van der Waals surface area contributed by atoms with Crippen molar-refractivity contribution in [2.45, 2.75) is 12.5 Å². The number of amides is 1. The minimum absolute atomic E-state index is 0.135. The van der Waals surface area contributed by atoms with Gasteiger partial charge in [0.25, 0.3) is 0 Å². The summed E-state index contributed by atoms with van der Waals surface area (Å²) in [7, 11) is 0. The molecule has 1 atom stereocenters. The average molecular weight is 185 g/mol. The van der Waals surface area contributed by atoms with Gasteiger partial charge in [-0.15, -0.1) is 0 Å². The van der Waals surface area contributed by atoms with E-state index in [-0.39, 0.29) is 11.9 Å². The first-order chi connectivity index (χ1) is 5.84. The summed E-state index contributed by atoms with van der Waals surface area (Å²) in [6.45, 7) is 1.64. The van der Waals surface area contributed by atoms with Crippen LogP contribution in [0.3, 0.4) is 0 Å². The molecule has 66 valence electrons. The molecule has 0 radical (unpaired) electrons. The van der Waals surface area contributed by atoms with Gasteiger partial charge in [-0.05, 0) is 0 Å². The lowest BCUT2D eigenvalue weighted by Gasteiger charge is -2.09. The van der Waals surface area contributed by atoms with Gasteiger partial charge >= 0.3 is 0 Å². The molecule has 0 aliphatic carbocycles. The van der Waals surface area contributed by atoms with Crippen LogP contribution in [-0.4, -0.2) is 36.0 Å². The first-order valence-electron chi connectivity index (χ1n) is 4.05. The Balaban J connectivity index is 1.83. The van der Waals surface area contributed by atoms with Crippen molar-refractivity contribution in [2.24, 2.45) is 4.99 Å². The van der Waals surface area contributed by atoms with Crippen molar-refractivity contribution in [3.05, 3.63) is 0 Å². The zero-order valence-corrected chi connectivity index (χ0v) is 7.49. The molecule has 0 aromatic rings. The van der Waals surface area contributed by atoms with Gasteiger partial charge < -0.3 is 10.6 Å². The van der Waals surface area contributed by atoms with Gasteiger partial charge in [0.15, 0.2) is 5.17 Å². The largest absolute Gasteiger partial charge is 0.360 e. The fourth-order valence-electron chi connectivity index (χ4n) is 1.30. The molecular formula is C7H11N3OS. The van der Waals surface area contributed by atoms with E-state index >= 15 is 0 Å². The monoisotopic (exact) mass is 185 g/mol. The SMILES string of the molecule is O=C1CC(NC2=NCCS2)CN1. The Morgan fingerprint density at radius 1 is 1.67 bits per heavy atom. The number of aliphatic imine (C=N–C) groups is 1. The molecular weight excluding hydrogens is 174 g/mol. The Hall–Kier alpha value is -0.710. The summed E-state index contributed by atoms with van der Waals surface area (Å²) < 4.78 is 0. The molecule has 0 spiro atoms. The van der Waals surface area contributed by atoms with E-state index in [1.54, 1.807) is 11.8 Å². The highest BCUT2D eigenvalue weighted by molar-refractivity contribution is 8.14. The van der Waals surface area contributed by atoms with Crippen LogP contribution < -0.4 is 10.6 Å². The molecule has 2 rings (SSSR count). The zero-order valence-electron chi connectivity index (χ0n) is 6.67. The molecule has 0 aromatic heterocycles. The minimum atomic E-state index is 0.135. The van der Waals surface area contributed by atoms with Crippen LogP contribution in [0, 0.1) is 0 Å². The second-order valence-corrected chi connectivity index (χ2v) is 3.97. The Labute approximate surface area is 75.2 Å². The van der Waals surface area contributed by atoms with Gasteiger partial charge in [-0.3, -0.25) is 9.79 Å². The number of carbonyl (C=O) groups is 1. The van der Waals surface area contributed by atoms with Crippen molar-refractivity contribution in [1.82, 2.24) is 10.6 Å². The van der Waals surface area contributed by atoms with Crippen molar-refractivity contribution < 1.29 is 4.79 Å². The maximum absolute atomic E-state index is 10.8. The van der Waals surface area contributed by atoms with E-state index in [9.17, 15) is 4.79 Å². The molecule has 1 fully saturated rings. The standard InChI is InChI=1S/C7H11N3OS/c11-6-3-5(4-9-6)10-7-8-1-2-12-7/h5H,1-4H2,(H,8,10)(H,9,11). The second-order valence-electron chi connectivity index (χ2n) is 2.88. The van der Waals surface area contributed by atoms with Crippen molar-refractivity contribution in [1.29, 1.82) is 0 Å². The third-order valence-electron chi connectivity index (χ3n) is 1.89. The van der Waals surface area contributed by atoms with E-state index in [1.807, 2.05) is 0 Å². The fourth-order valence-corrected chi connectivity index (χ4v) is 2.11. The Bertz CT molecular complexity index is 229. The molecule has 2 aliphatic rings. The Morgan fingerprint density at radius 3 is 3.17 bits per heavy atom. The first kappa shape index (κ1) is 7.91. The smallest absolute Gasteiger partial charge is 0.222 e. The maximum atomic E-state index is 10.8. The molecule has 2 aliphatic heterocycles. The van der Waals surface area contributed by atoms with Gasteiger partial charge in [0.05, 0.1) is 12.6 Å². The van der Waals surface area contributed by atoms with Gasteiger partial charge in [0.1, 0.15) is 0 Å². The summed E-state index contributed by atoms with van der Waals surface area (Å²) in [6, 6.07) is 0.252. The molecule has 2 N–H and O–H groups in total. The van der Waals surface area contributed by atoms with Crippen molar-refractivity contribution >= 4 is 22.8 Å². The number of hydrogen-bond donors (Lipinski definition) is 2. The molecule has 1 amide bonds. The summed E-state index contributed by atoms with van der Waals surface area (Å²) in [5, 5.41) is 7.01. The first-order valence-corrected chi connectivity index (χ1v) is 5.03. The van der Waals surface area contributed by atoms with E-state index in [1.165, 1.54) is 0 Å². The van der Waals surface area contributed by atoms with Crippen LogP contribution in [0.1, 0.15) is 6.42 Å². The van der Waals surface area contributed by atoms with Crippen molar-refractivity contribution in [3.63, 3.8) is 0 Å². The van der Waals surface area contributed by atoms with E-state index in [4.69, 9.17) is 0 Å². The molecule has 5 heteroatoms. The van der Waals surface area contributed by atoms with Crippen LogP contribution >= 0.6 is 11.8 Å². The number of amidine groups is 1. The van der Waals surface area contributed by atoms with Gasteiger partial charge in [-0.25, -0.2) is 0 Å². The predicted molar refractivity (Wildman–Crippen MR) is 49.3 cm³/mol. The number of rotatable bonds is 1. The van der Waals surface area contributed by atoms with Crippen LogP contribution in [0.2, 0.25) is 0 Å². The van der Waals surface area contributed by atoms with Gasteiger partial charge in [0, 0.05) is 18.7 Å². The predicted octanol–water partition coefficient (Wildman–Crippen LogP) is -0.433. The Morgan fingerprint density at radius 2 is 2.58 bits per heavy atom. The van der Waals surface area contributed by atoms with Crippen LogP contribution in [0.15, 0.2) is 4.99 Å². The second kappa shape index (κ2) is 3.35. The topological polar surface area (TPSA) is 53.5 Å². The number of nitrogens with one attached hydrogen (secondary N) is 2. The fraction of sp³-hybridized carbons (Fsp3) is 0.714. The summed E-state index contributed by atoms with van der Waals surface area (Å²) in [5.74, 6) is 1.20. The van der Waals surface area contributed by atoms with Crippen molar-refractivity contribution in [3.8, 4) is 0 Å². The van der Waals surface area contributed by atoms with Gasteiger partial charge in [-0.2, -0.15) is 0 Å². The number of carbonyl (C=O) groups excluding carboxylic acids is 1. The lowest BCUT2D eigenvalue weighted by Crippen LogP contribution is -2.33. The molecule has 0 saturated carbocycles. The lowest BCUT2D eigenvalue weighted by molar-refractivity contribution is -0.119. The van der Waals surface area contributed by atoms with E-state index in [2.05, 4.69) is 15.6 Å². The third kappa shape index (κ3) is 1.72. The summed E-state index contributed by atoms with van der Waals surface area (Å²) in [4.78, 5) is 15.1. The minimum Gasteiger partial charge on any atom is -0.360 e. The molecule has 2 heterocycles. The highest BCUT2D eigenvalue weighted by Gasteiger charge is 2.22. The third-order valence-corrected chi connectivity index (χ3v) is 2.80. The number of nitrogens with zero attached hydrogens (tertiary/aromatic N) is 1. The summed E-state index contributed by atoms with van der Waals surface area (Å²) in [5.41, 5.74) is 0. The highest BCUT2D eigenvalue weighted by Crippen LogP contribution is 2.11. The van der Waals surface area contributed by atoms with E-state index in [0.29, 0.717) is 6.42 Å². The van der Waals surface area contributed by atoms with Gasteiger partial charge in [-0.1, -0.05) is 11.8 Å². The molecule has 0 aromatic carbocycles.